The second kappa shape index (κ2) is 7.03. The molecule has 1 amide bonds. The Hall–Kier alpha value is -3.47. The molecule has 4 rings (SSSR count). The van der Waals surface area contributed by atoms with Gasteiger partial charge in [-0.25, -0.2) is 4.98 Å². The summed E-state index contributed by atoms with van der Waals surface area (Å²) in [5.74, 6) is 0.748. The third-order valence-corrected chi connectivity index (χ3v) is 4.58. The highest BCUT2D eigenvalue weighted by molar-refractivity contribution is 5.97. The molecule has 1 N–H and O–H groups in total. The molecule has 5 nitrogen and oxygen atoms in total. The number of nitrogens with zero attached hydrogens (tertiary/aromatic N) is 3. The molecule has 0 unspecified atom stereocenters. The Morgan fingerprint density at radius 2 is 1.81 bits per heavy atom. The first-order chi connectivity index (χ1) is 13.1. The molecule has 0 spiro atoms. The molecule has 0 bridgehead atoms. The summed E-state index contributed by atoms with van der Waals surface area (Å²) < 4.78 is 2.09. The molecule has 0 aliphatic carbocycles. The summed E-state index contributed by atoms with van der Waals surface area (Å²) in [6.45, 7) is 3.89. The van der Waals surface area contributed by atoms with Gasteiger partial charge in [-0.1, -0.05) is 24.3 Å². The molecule has 4 aromatic rings. The van der Waals surface area contributed by atoms with Crippen molar-refractivity contribution in [2.45, 2.75) is 19.9 Å². The Balaban J connectivity index is 1.63. The van der Waals surface area contributed by atoms with Crippen molar-refractivity contribution < 1.29 is 4.79 Å². The largest absolute Gasteiger partial charge is 0.344 e. The third-order valence-electron chi connectivity index (χ3n) is 4.58. The lowest BCUT2D eigenvalue weighted by Crippen LogP contribution is -2.27. The van der Waals surface area contributed by atoms with Crippen molar-refractivity contribution in [3.05, 3.63) is 90.0 Å². The van der Waals surface area contributed by atoms with Gasteiger partial charge in [-0.2, -0.15) is 0 Å². The van der Waals surface area contributed by atoms with E-state index in [2.05, 4.69) is 19.9 Å². The number of hydrogen-bond donors (Lipinski definition) is 1. The average molecular weight is 356 g/mol. The molecule has 0 aliphatic heterocycles. The Labute approximate surface area is 157 Å². The molecule has 5 heteroatoms. The van der Waals surface area contributed by atoms with E-state index in [0.29, 0.717) is 5.56 Å². The van der Waals surface area contributed by atoms with E-state index in [-0.39, 0.29) is 11.9 Å². The minimum atomic E-state index is -0.169. The number of hydrogen-bond acceptors (Lipinski definition) is 3. The van der Waals surface area contributed by atoms with Crippen molar-refractivity contribution in [2.24, 2.45) is 0 Å². The molecule has 134 valence electrons. The first-order valence-corrected chi connectivity index (χ1v) is 8.90. The summed E-state index contributed by atoms with van der Waals surface area (Å²) in [6.07, 6.45) is 1.73. The number of imidazole rings is 1. The fraction of sp³-hybridized carbons (Fsp3) is 0.136. The summed E-state index contributed by atoms with van der Waals surface area (Å²) in [6, 6.07) is 21.2. The van der Waals surface area contributed by atoms with Crippen LogP contribution >= 0.6 is 0 Å². The predicted octanol–water partition coefficient (Wildman–Crippen LogP) is 4.22. The minimum absolute atomic E-state index is 0.137. The van der Waals surface area contributed by atoms with Crippen molar-refractivity contribution in [1.29, 1.82) is 0 Å². The zero-order chi connectivity index (χ0) is 18.8. The smallest absolute Gasteiger partial charge is 0.251 e. The van der Waals surface area contributed by atoms with Gasteiger partial charge in [0.15, 0.2) is 0 Å². The zero-order valence-corrected chi connectivity index (χ0v) is 15.3. The van der Waals surface area contributed by atoms with E-state index in [1.807, 2.05) is 80.6 Å². The first-order valence-electron chi connectivity index (χ1n) is 8.90. The molecule has 0 saturated carbocycles. The molecule has 0 aliphatic rings. The lowest BCUT2D eigenvalue weighted by Gasteiger charge is -2.13. The first kappa shape index (κ1) is 17.0. The maximum absolute atomic E-state index is 12.7. The lowest BCUT2D eigenvalue weighted by atomic mass is 10.1. The number of pyridine rings is 1. The highest BCUT2D eigenvalue weighted by atomic mass is 16.1. The quantitative estimate of drug-likeness (QED) is 0.595. The van der Waals surface area contributed by atoms with Crippen molar-refractivity contribution in [3.8, 4) is 5.69 Å². The molecule has 2 aromatic heterocycles. The number of carbonyl (C=O) groups is 1. The average Bonchev–Trinajstić information content (AvgIpc) is 3.04. The fourth-order valence-corrected chi connectivity index (χ4v) is 3.23. The molecular weight excluding hydrogens is 336 g/mol. The van der Waals surface area contributed by atoms with E-state index in [9.17, 15) is 4.79 Å². The summed E-state index contributed by atoms with van der Waals surface area (Å²) in [5, 5.41) is 2.99. The molecule has 0 radical (unpaired) electrons. The van der Waals surface area contributed by atoms with Gasteiger partial charge in [0.1, 0.15) is 5.82 Å². The second-order valence-corrected chi connectivity index (χ2v) is 6.48. The number of amides is 1. The van der Waals surface area contributed by atoms with Crippen LogP contribution in [0.5, 0.6) is 0 Å². The van der Waals surface area contributed by atoms with Gasteiger partial charge in [0.05, 0.1) is 22.8 Å². The highest BCUT2D eigenvalue weighted by Gasteiger charge is 2.15. The second-order valence-electron chi connectivity index (χ2n) is 6.48. The van der Waals surface area contributed by atoms with Gasteiger partial charge < -0.3 is 5.32 Å². The molecule has 2 heterocycles. The third kappa shape index (κ3) is 3.31. The summed E-state index contributed by atoms with van der Waals surface area (Å²) in [5.41, 5.74) is 4.25. The van der Waals surface area contributed by atoms with Gasteiger partial charge in [-0.15, -0.1) is 0 Å². The summed E-state index contributed by atoms with van der Waals surface area (Å²) in [7, 11) is 0. The van der Waals surface area contributed by atoms with Gasteiger partial charge >= 0.3 is 0 Å². The van der Waals surface area contributed by atoms with Crippen LogP contribution in [0.3, 0.4) is 0 Å². The SMILES string of the molecule is Cc1nc2cc(C(=O)N[C@H](C)c3ccccn3)ccc2n1-c1ccccc1. The topological polar surface area (TPSA) is 59.8 Å². The van der Waals surface area contributed by atoms with E-state index in [1.165, 1.54) is 0 Å². The lowest BCUT2D eigenvalue weighted by molar-refractivity contribution is 0.0939. The van der Waals surface area contributed by atoms with E-state index >= 15 is 0 Å². The fourth-order valence-electron chi connectivity index (χ4n) is 3.23. The van der Waals surface area contributed by atoms with E-state index < -0.39 is 0 Å². The molecule has 27 heavy (non-hydrogen) atoms. The van der Waals surface area contributed by atoms with Gasteiger partial charge in [0.25, 0.3) is 5.91 Å². The van der Waals surface area contributed by atoms with Crippen LogP contribution in [0.1, 0.15) is 34.8 Å². The van der Waals surface area contributed by atoms with Crippen molar-refractivity contribution in [3.63, 3.8) is 0 Å². The number of rotatable bonds is 4. The predicted molar refractivity (Wildman–Crippen MR) is 106 cm³/mol. The molecular formula is C22H20N4O. The number of aryl methyl sites for hydroxylation is 1. The summed E-state index contributed by atoms with van der Waals surface area (Å²) >= 11 is 0. The number of nitrogens with one attached hydrogen (secondary N) is 1. The van der Waals surface area contributed by atoms with Crippen LogP contribution in [0, 0.1) is 6.92 Å². The van der Waals surface area contributed by atoms with Crippen LogP contribution in [0.2, 0.25) is 0 Å². The molecule has 0 saturated heterocycles. The van der Waals surface area contributed by atoms with Crippen LogP contribution in [0.15, 0.2) is 72.9 Å². The molecule has 2 aromatic carbocycles. The molecule has 1 atom stereocenters. The van der Waals surface area contributed by atoms with Crippen molar-refractivity contribution in [1.82, 2.24) is 19.9 Å². The Bertz CT molecular complexity index is 1090. The van der Waals surface area contributed by atoms with Gasteiger partial charge in [0, 0.05) is 17.4 Å². The van der Waals surface area contributed by atoms with Crippen LogP contribution in [0.4, 0.5) is 0 Å². The summed E-state index contributed by atoms with van der Waals surface area (Å²) in [4.78, 5) is 21.6. The normalized spacial score (nSPS) is 12.1. The maximum atomic E-state index is 12.7. The van der Waals surface area contributed by atoms with Crippen molar-refractivity contribution >= 4 is 16.9 Å². The number of benzene rings is 2. The monoisotopic (exact) mass is 356 g/mol. The highest BCUT2D eigenvalue weighted by Crippen LogP contribution is 2.22. The Morgan fingerprint density at radius 3 is 2.56 bits per heavy atom. The van der Waals surface area contributed by atoms with Crippen LogP contribution in [0.25, 0.3) is 16.7 Å². The van der Waals surface area contributed by atoms with E-state index in [1.54, 1.807) is 6.20 Å². The number of fused-ring (bicyclic) bond motifs is 1. The molecule has 0 fully saturated rings. The van der Waals surface area contributed by atoms with E-state index in [0.717, 1.165) is 28.2 Å². The number of aromatic nitrogens is 3. The van der Waals surface area contributed by atoms with E-state index in [4.69, 9.17) is 0 Å². The van der Waals surface area contributed by atoms with Gasteiger partial charge in [-0.05, 0) is 56.3 Å². The van der Waals surface area contributed by atoms with Crippen LogP contribution in [-0.2, 0) is 0 Å². The van der Waals surface area contributed by atoms with Gasteiger partial charge in [-0.3, -0.25) is 14.3 Å². The standard InChI is InChI=1S/C22H20N4O/c1-15(19-10-6-7-13-23-19)24-22(27)17-11-12-21-20(14-17)25-16(2)26(21)18-8-4-3-5-9-18/h3-15H,1-2H3,(H,24,27)/t15-/m1/s1. The number of carbonyl (C=O) groups excluding carboxylic acids is 1. The minimum Gasteiger partial charge on any atom is -0.344 e. The zero-order valence-electron chi connectivity index (χ0n) is 15.3. The van der Waals surface area contributed by atoms with Crippen LogP contribution < -0.4 is 5.32 Å². The maximum Gasteiger partial charge on any atom is 0.251 e. The van der Waals surface area contributed by atoms with Crippen LogP contribution in [-0.4, -0.2) is 20.4 Å². The number of para-hydroxylation sites is 1. The van der Waals surface area contributed by atoms with Crippen molar-refractivity contribution in [2.75, 3.05) is 0 Å². The van der Waals surface area contributed by atoms with Gasteiger partial charge in [0.2, 0.25) is 0 Å². The Morgan fingerprint density at radius 1 is 1.04 bits per heavy atom. The Kier molecular flexibility index (Phi) is 4.42.